The normalized spacial score (nSPS) is 16.4. The van der Waals surface area contributed by atoms with E-state index in [0.717, 1.165) is 11.4 Å². The summed E-state index contributed by atoms with van der Waals surface area (Å²) in [6.45, 7) is -0.0456. The first-order valence-corrected chi connectivity index (χ1v) is 12.6. The van der Waals surface area contributed by atoms with Gasteiger partial charge in [-0.25, -0.2) is 0 Å². The number of pyridine rings is 1. The summed E-state index contributed by atoms with van der Waals surface area (Å²) >= 11 is 5.77. The lowest BCUT2D eigenvalue weighted by Gasteiger charge is -2.26. The standard InChI is InChI=1S/C28H25N5O6S/c1-37-16-25(34)30-17-6-8-18(9-7-17)32-27(26(31-28(32)40)21-5-3-4-14-29-21)23-13-12-22(39-23)20-11-10-19(33(35)36)15-24(20)38-2/h3-15,26-27H,16H2,1-2H3,(H,30,34)(H,31,40)/t26-,27-/m0/s1. The zero-order valence-corrected chi connectivity index (χ0v) is 22.4. The number of ether oxygens (including phenoxy) is 2. The number of rotatable bonds is 9. The van der Waals surface area contributed by atoms with Crippen molar-refractivity contribution < 1.29 is 23.6 Å². The van der Waals surface area contributed by atoms with Crippen molar-refractivity contribution in [2.45, 2.75) is 12.1 Å². The van der Waals surface area contributed by atoms with E-state index in [-0.39, 0.29) is 24.2 Å². The topological polar surface area (TPSA) is 132 Å². The quantitative estimate of drug-likeness (QED) is 0.164. The Hall–Kier alpha value is -4.81. The van der Waals surface area contributed by atoms with Gasteiger partial charge in [-0.2, -0.15) is 0 Å². The molecule has 12 heteroatoms. The van der Waals surface area contributed by atoms with Crippen LogP contribution >= 0.6 is 12.2 Å². The molecule has 1 saturated heterocycles. The largest absolute Gasteiger partial charge is 0.496 e. The van der Waals surface area contributed by atoms with Crippen LogP contribution in [0.3, 0.4) is 0 Å². The van der Waals surface area contributed by atoms with Crippen molar-refractivity contribution in [2.24, 2.45) is 0 Å². The predicted molar refractivity (Wildman–Crippen MR) is 152 cm³/mol. The van der Waals surface area contributed by atoms with E-state index >= 15 is 0 Å². The number of thiocarbonyl (C=S) groups is 1. The van der Waals surface area contributed by atoms with Gasteiger partial charge in [-0.05, 0) is 66.8 Å². The van der Waals surface area contributed by atoms with Gasteiger partial charge in [0.05, 0.1) is 35.4 Å². The molecule has 2 N–H and O–H groups in total. The molecule has 0 spiro atoms. The summed E-state index contributed by atoms with van der Waals surface area (Å²) in [5, 5.41) is 17.9. The van der Waals surface area contributed by atoms with Gasteiger partial charge in [-0.3, -0.25) is 19.9 Å². The summed E-state index contributed by atoms with van der Waals surface area (Å²) in [6, 6.07) is 20.2. The number of nitro groups is 1. The number of non-ortho nitro benzene ring substituents is 1. The molecule has 2 atom stereocenters. The van der Waals surface area contributed by atoms with Crippen LogP contribution in [0.1, 0.15) is 23.5 Å². The lowest BCUT2D eigenvalue weighted by Crippen LogP contribution is -2.29. The van der Waals surface area contributed by atoms with Crippen LogP contribution in [-0.4, -0.2) is 41.8 Å². The number of amides is 1. The maximum Gasteiger partial charge on any atom is 0.273 e. The van der Waals surface area contributed by atoms with E-state index in [0.29, 0.717) is 33.6 Å². The van der Waals surface area contributed by atoms with Gasteiger partial charge in [0.2, 0.25) is 5.91 Å². The number of carbonyl (C=O) groups is 1. The molecule has 0 saturated carbocycles. The number of carbonyl (C=O) groups excluding carboxylic acids is 1. The van der Waals surface area contributed by atoms with Crippen LogP contribution in [0.5, 0.6) is 5.75 Å². The molecular formula is C28H25N5O6S. The molecule has 5 rings (SSSR count). The molecule has 0 aliphatic carbocycles. The highest BCUT2D eigenvalue weighted by Gasteiger charge is 2.42. The van der Waals surface area contributed by atoms with Crippen LogP contribution < -0.4 is 20.3 Å². The Labute approximate surface area is 234 Å². The van der Waals surface area contributed by atoms with E-state index < -0.39 is 11.0 Å². The minimum Gasteiger partial charge on any atom is -0.496 e. The van der Waals surface area contributed by atoms with E-state index in [2.05, 4.69) is 15.6 Å². The van der Waals surface area contributed by atoms with Gasteiger partial charge >= 0.3 is 0 Å². The summed E-state index contributed by atoms with van der Waals surface area (Å²) in [5.74, 6) is 1.14. The van der Waals surface area contributed by atoms with Crippen molar-refractivity contribution in [3.05, 3.63) is 101 Å². The number of anilines is 2. The number of methoxy groups -OCH3 is 2. The highest BCUT2D eigenvalue weighted by Crippen LogP contribution is 2.44. The fourth-order valence-electron chi connectivity index (χ4n) is 4.61. The van der Waals surface area contributed by atoms with Crippen LogP contribution in [-0.2, 0) is 9.53 Å². The average Bonchev–Trinajstić information content (AvgIpc) is 3.58. The zero-order chi connectivity index (χ0) is 28.2. The van der Waals surface area contributed by atoms with Gasteiger partial charge in [0.1, 0.15) is 29.9 Å². The second kappa shape index (κ2) is 11.5. The number of hydrogen-bond acceptors (Lipinski definition) is 8. The number of benzene rings is 2. The van der Waals surface area contributed by atoms with Gasteiger partial charge < -0.3 is 29.4 Å². The summed E-state index contributed by atoms with van der Waals surface area (Å²) in [4.78, 5) is 29.2. The highest BCUT2D eigenvalue weighted by molar-refractivity contribution is 7.80. The zero-order valence-electron chi connectivity index (χ0n) is 21.6. The highest BCUT2D eigenvalue weighted by atomic mass is 32.1. The van der Waals surface area contributed by atoms with Crippen LogP contribution in [0, 0.1) is 10.1 Å². The van der Waals surface area contributed by atoms with E-state index in [9.17, 15) is 14.9 Å². The third-order valence-electron chi connectivity index (χ3n) is 6.38. The first-order chi connectivity index (χ1) is 19.4. The molecule has 204 valence electrons. The molecule has 2 aromatic heterocycles. The first kappa shape index (κ1) is 26.8. The Bertz CT molecular complexity index is 1540. The number of nitrogens with zero attached hydrogens (tertiary/aromatic N) is 3. The number of nitro benzene ring substituents is 1. The summed E-state index contributed by atoms with van der Waals surface area (Å²) in [7, 11) is 2.91. The second-order valence-electron chi connectivity index (χ2n) is 8.87. The number of aromatic nitrogens is 1. The van der Waals surface area contributed by atoms with Crippen LogP contribution in [0.2, 0.25) is 0 Å². The van der Waals surface area contributed by atoms with Gasteiger partial charge in [0.15, 0.2) is 5.11 Å². The molecule has 2 aromatic carbocycles. The van der Waals surface area contributed by atoms with Crippen molar-refractivity contribution in [1.82, 2.24) is 10.3 Å². The first-order valence-electron chi connectivity index (χ1n) is 12.2. The van der Waals surface area contributed by atoms with Crippen molar-refractivity contribution in [1.29, 1.82) is 0 Å². The number of hydrogen-bond donors (Lipinski definition) is 2. The molecule has 1 aliphatic heterocycles. The van der Waals surface area contributed by atoms with Crippen molar-refractivity contribution >= 4 is 40.3 Å². The smallest absolute Gasteiger partial charge is 0.273 e. The van der Waals surface area contributed by atoms with Crippen LogP contribution in [0.4, 0.5) is 17.1 Å². The lowest BCUT2D eigenvalue weighted by molar-refractivity contribution is -0.384. The van der Waals surface area contributed by atoms with Gasteiger partial charge in [0.25, 0.3) is 5.69 Å². The van der Waals surface area contributed by atoms with Gasteiger partial charge in [-0.1, -0.05) is 6.07 Å². The van der Waals surface area contributed by atoms with Crippen molar-refractivity contribution in [3.8, 4) is 17.1 Å². The summed E-state index contributed by atoms with van der Waals surface area (Å²) in [6.07, 6.45) is 1.71. The second-order valence-corrected chi connectivity index (χ2v) is 9.26. The molecule has 4 aromatic rings. The lowest BCUT2D eigenvalue weighted by atomic mass is 10.0. The predicted octanol–water partition coefficient (Wildman–Crippen LogP) is 5.02. The molecule has 0 radical (unpaired) electrons. The Morgan fingerprint density at radius 1 is 1.15 bits per heavy atom. The third-order valence-corrected chi connectivity index (χ3v) is 6.70. The molecule has 0 unspecified atom stereocenters. The Kier molecular flexibility index (Phi) is 7.71. The molecule has 1 amide bonds. The SMILES string of the molecule is COCC(=O)Nc1ccc(N2C(=S)N[C@@H](c3ccccn3)[C@@H]2c2ccc(-c3ccc([N+](=O)[O-])cc3OC)o2)cc1. The number of nitrogens with one attached hydrogen (secondary N) is 2. The summed E-state index contributed by atoms with van der Waals surface area (Å²) < 4.78 is 16.7. The van der Waals surface area contributed by atoms with Gasteiger partial charge in [-0.15, -0.1) is 0 Å². The Morgan fingerprint density at radius 2 is 1.95 bits per heavy atom. The maximum atomic E-state index is 11.9. The van der Waals surface area contributed by atoms with Crippen LogP contribution in [0.25, 0.3) is 11.3 Å². The van der Waals surface area contributed by atoms with E-state index in [1.807, 2.05) is 41.3 Å². The molecule has 11 nitrogen and oxygen atoms in total. The fourth-order valence-corrected chi connectivity index (χ4v) is 4.95. The Balaban J connectivity index is 1.52. The summed E-state index contributed by atoms with van der Waals surface area (Å²) in [5.41, 5.74) is 2.65. The third kappa shape index (κ3) is 5.35. The molecule has 0 bridgehead atoms. The van der Waals surface area contributed by atoms with E-state index in [4.69, 9.17) is 26.1 Å². The van der Waals surface area contributed by atoms with Crippen molar-refractivity contribution in [3.63, 3.8) is 0 Å². The van der Waals surface area contributed by atoms with Crippen LogP contribution in [0.15, 0.2) is 83.4 Å². The minimum atomic E-state index is -0.478. The molecule has 1 fully saturated rings. The minimum absolute atomic E-state index is 0.0456. The van der Waals surface area contributed by atoms with E-state index in [1.165, 1.54) is 26.4 Å². The fraction of sp³-hybridized carbons (Fsp3) is 0.179. The van der Waals surface area contributed by atoms with Crippen molar-refractivity contribution in [2.75, 3.05) is 31.0 Å². The molecule has 40 heavy (non-hydrogen) atoms. The van der Waals surface area contributed by atoms with Gasteiger partial charge in [0, 0.05) is 30.7 Å². The Morgan fingerprint density at radius 3 is 2.62 bits per heavy atom. The van der Waals surface area contributed by atoms with E-state index in [1.54, 1.807) is 30.5 Å². The molecule has 1 aliphatic rings. The number of furan rings is 1. The monoisotopic (exact) mass is 559 g/mol. The maximum absolute atomic E-state index is 11.9. The molecular weight excluding hydrogens is 534 g/mol. The average molecular weight is 560 g/mol. The molecule has 3 heterocycles.